The number of hydrogen-bond acceptors (Lipinski definition) is 2. The Bertz CT molecular complexity index is 487. The molecule has 0 spiro atoms. The molecule has 0 aliphatic rings. The minimum Gasteiger partial charge on any atom is -0.313 e. The lowest BCUT2D eigenvalue weighted by Crippen LogP contribution is -2.15. The maximum absolute atomic E-state index is 4.41. The van der Waals surface area contributed by atoms with E-state index in [1.807, 2.05) is 42.2 Å². The number of rotatable bonds is 6. The van der Waals surface area contributed by atoms with Gasteiger partial charge in [-0.25, -0.2) is 4.68 Å². The van der Waals surface area contributed by atoms with E-state index in [9.17, 15) is 0 Å². The predicted molar refractivity (Wildman–Crippen MR) is 74.8 cm³/mol. The van der Waals surface area contributed by atoms with Gasteiger partial charge in [0.15, 0.2) is 0 Å². The largest absolute Gasteiger partial charge is 0.313 e. The predicted octanol–water partition coefficient (Wildman–Crippen LogP) is 3.10. The third kappa shape index (κ3) is 2.87. The van der Waals surface area contributed by atoms with E-state index in [1.54, 1.807) is 0 Å². The molecule has 0 saturated carbocycles. The zero-order valence-corrected chi connectivity index (χ0v) is 10.7. The van der Waals surface area contributed by atoms with Gasteiger partial charge in [0.05, 0.1) is 11.9 Å². The molecule has 0 bridgehead atoms. The third-order valence-corrected chi connectivity index (χ3v) is 3.03. The number of benzene rings is 1. The van der Waals surface area contributed by atoms with E-state index in [0.29, 0.717) is 6.04 Å². The van der Waals surface area contributed by atoms with Gasteiger partial charge in [0.1, 0.15) is 0 Å². The number of allylic oxidation sites excluding steroid dienone is 1. The molecule has 0 amide bonds. The Kier molecular flexibility index (Phi) is 4.31. The summed E-state index contributed by atoms with van der Waals surface area (Å²) in [5, 5.41) is 7.73. The van der Waals surface area contributed by atoms with Crippen molar-refractivity contribution >= 4 is 0 Å². The third-order valence-electron chi connectivity index (χ3n) is 3.03. The van der Waals surface area contributed by atoms with E-state index in [1.165, 1.54) is 5.56 Å². The van der Waals surface area contributed by atoms with Crippen LogP contribution in [0.25, 0.3) is 5.69 Å². The van der Waals surface area contributed by atoms with Crippen molar-refractivity contribution in [1.29, 1.82) is 0 Å². The van der Waals surface area contributed by atoms with E-state index < -0.39 is 0 Å². The molecular formula is C15H19N3. The molecule has 1 aromatic heterocycles. The summed E-state index contributed by atoms with van der Waals surface area (Å²) in [5.74, 6) is 0. The lowest BCUT2D eigenvalue weighted by molar-refractivity contribution is 0.555. The average molecular weight is 241 g/mol. The van der Waals surface area contributed by atoms with Gasteiger partial charge in [0, 0.05) is 17.8 Å². The summed E-state index contributed by atoms with van der Waals surface area (Å²) < 4.78 is 1.91. The van der Waals surface area contributed by atoms with Crippen LogP contribution in [0.15, 0.2) is 55.4 Å². The van der Waals surface area contributed by atoms with Gasteiger partial charge >= 0.3 is 0 Å². The normalized spacial score (nSPS) is 12.3. The summed E-state index contributed by atoms with van der Waals surface area (Å²) >= 11 is 0. The Balaban J connectivity index is 2.16. The lowest BCUT2D eigenvalue weighted by Gasteiger charge is -2.12. The second-order valence-corrected chi connectivity index (χ2v) is 4.26. The van der Waals surface area contributed by atoms with E-state index >= 15 is 0 Å². The SMILES string of the molecule is C=CCCC(NC)c1cnn(-c2ccccc2)c1. The second-order valence-electron chi connectivity index (χ2n) is 4.26. The Labute approximate surface area is 108 Å². The molecule has 1 unspecified atom stereocenters. The summed E-state index contributed by atoms with van der Waals surface area (Å²) in [6, 6.07) is 10.5. The molecule has 2 aromatic rings. The van der Waals surface area contributed by atoms with Crippen LogP contribution in [0.3, 0.4) is 0 Å². The molecule has 3 heteroatoms. The highest BCUT2D eigenvalue weighted by Crippen LogP contribution is 2.19. The Morgan fingerprint density at radius 2 is 2.17 bits per heavy atom. The van der Waals surface area contributed by atoms with E-state index in [4.69, 9.17) is 0 Å². The van der Waals surface area contributed by atoms with Gasteiger partial charge in [-0.15, -0.1) is 6.58 Å². The number of nitrogens with zero attached hydrogens (tertiary/aromatic N) is 2. The van der Waals surface area contributed by atoms with Gasteiger partial charge in [-0.3, -0.25) is 0 Å². The second kappa shape index (κ2) is 6.17. The molecule has 18 heavy (non-hydrogen) atoms. The average Bonchev–Trinajstić information content (AvgIpc) is 2.90. The highest BCUT2D eigenvalue weighted by atomic mass is 15.3. The monoisotopic (exact) mass is 241 g/mol. The molecule has 1 atom stereocenters. The van der Waals surface area contributed by atoms with Crippen LogP contribution in [0, 0.1) is 0 Å². The van der Waals surface area contributed by atoms with Crippen molar-refractivity contribution in [1.82, 2.24) is 15.1 Å². The minimum atomic E-state index is 0.334. The molecule has 0 fully saturated rings. The van der Waals surface area contributed by atoms with Crippen LogP contribution in [-0.2, 0) is 0 Å². The van der Waals surface area contributed by atoms with Crippen molar-refractivity contribution in [2.75, 3.05) is 7.05 Å². The van der Waals surface area contributed by atoms with Crippen LogP contribution in [0.1, 0.15) is 24.4 Å². The molecule has 2 rings (SSSR count). The van der Waals surface area contributed by atoms with Crippen molar-refractivity contribution in [3.8, 4) is 5.69 Å². The van der Waals surface area contributed by atoms with Gasteiger partial charge in [0.25, 0.3) is 0 Å². The van der Waals surface area contributed by atoms with Crippen LogP contribution in [0.5, 0.6) is 0 Å². The fourth-order valence-electron chi connectivity index (χ4n) is 2.00. The number of nitrogens with one attached hydrogen (secondary N) is 1. The first-order valence-electron chi connectivity index (χ1n) is 6.23. The van der Waals surface area contributed by atoms with Crippen LogP contribution < -0.4 is 5.32 Å². The minimum absolute atomic E-state index is 0.334. The number of para-hydroxylation sites is 1. The maximum Gasteiger partial charge on any atom is 0.0645 e. The van der Waals surface area contributed by atoms with Crippen LogP contribution in [0.4, 0.5) is 0 Å². The Hall–Kier alpha value is -1.87. The summed E-state index contributed by atoms with van der Waals surface area (Å²) in [5.41, 5.74) is 2.30. The summed E-state index contributed by atoms with van der Waals surface area (Å²) in [7, 11) is 1.98. The molecule has 1 N–H and O–H groups in total. The maximum atomic E-state index is 4.41. The zero-order chi connectivity index (χ0) is 12.8. The molecule has 0 aliphatic carbocycles. The molecule has 1 aromatic carbocycles. The van der Waals surface area contributed by atoms with E-state index in [0.717, 1.165) is 18.5 Å². The highest BCUT2D eigenvalue weighted by molar-refractivity contribution is 5.31. The van der Waals surface area contributed by atoms with Crippen molar-refractivity contribution in [2.45, 2.75) is 18.9 Å². The molecular weight excluding hydrogens is 222 g/mol. The number of aromatic nitrogens is 2. The molecule has 0 radical (unpaired) electrons. The standard InChI is InChI=1S/C15H19N3/c1-3-4-10-15(16-2)13-11-17-18(12-13)14-8-6-5-7-9-14/h3,5-9,11-12,15-16H,1,4,10H2,2H3. The molecule has 3 nitrogen and oxygen atoms in total. The van der Waals surface area contributed by atoms with Crippen LogP contribution in [0.2, 0.25) is 0 Å². The van der Waals surface area contributed by atoms with Gasteiger partial charge < -0.3 is 5.32 Å². The van der Waals surface area contributed by atoms with Gasteiger partial charge in [0.2, 0.25) is 0 Å². The van der Waals surface area contributed by atoms with Gasteiger partial charge in [-0.2, -0.15) is 5.10 Å². The zero-order valence-electron chi connectivity index (χ0n) is 10.7. The first-order valence-corrected chi connectivity index (χ1v) is 6.23. The van der Waals surface area contributed by atoms with Crippen molar-refractivity contribution in [3.63, 3.8) is 0 Å². The molecule has 0 saturated heterocycles. The molecule has 0 aliphatic heterocycles. The van der Waals surface area contributed by atoms with Crippen molar-refractivity contribution < 1.29 is 0 Å². The van der Waals surface area contributed by atoms with Crippen molar-refractivity contribution in [2.24, 2.45) is 0 Å². The smallest absolute Gasteiger partial charge is 0.0645 e. The summed E-state index contributed by atoms with van der Waals surface area (Å²) in [4.78, 5) is 0. The number of hydrogen-bond donors (Lipinski definition) is 1. The van der Waals surface area contributed by atoms with Crippen molar-refractivity contribution in [3.05, 3.63) is 60.9 Å². The summed E-state index contributed by atoms with van der Waals surface area (Å²) in [6.07, 6.45) is 8.01. The molecule has 94 valence electrons. The lowest BCUT2D eigenvalue weighted by atomic mass is 10.1. The molecule has 1 heterocycles. The Morgan fingerprint density at radius 3 is 2.83 bits per heavy atom. The van der Waals surface area contributed by atoms with Crippen LogP contribution in [-0.4, -0.2) is 16.8 Å². The van der Waals surface area contributed by atoms with Gasteiger partial charge in [-0.1, -0.05) is 24.3 Å². The quantitative estimate of drug-likeness (QED) is 0.788. The van der Waals surface area contributed by atoms with Crippen LogP contribution >= 0.6 is 0 Å². The van der Waals surface area contributed by atoms with Gasteiger partial charge in [-0.05, 0) is 32.0 Å². The summed E-state index contributed by atoms with van der Waals surface area (Å²) in [6.45, 7) is 3.76. The Morgan fingerprint density at radius 1 is 1.39 bits per heavy atom. The first kappa shape index (κ1) is 12.6. The highest BCUT2D eigenvalue weighted by Gasteiger charge is 2.10. The fourth-order valence-corrected chi connectivity index (χ4v) is 2.00. The topological polar surface area (TPSA) is 29.9 Å². The van der Waals surface area contributed by atoms with E-state index in [-0.39, 0.29) is 0 Å². The van der Waals surface area contributed by atoms with E-state index in [2.05, 4.69) is 35.3 Å². The fraction of sp³-hybridized carbons (Fsp3) is 0.267. The first-order chi connectivity index (χ1) is 8.85.